The van der Waals surface area contributed by atoms with E-state index in [-0.39, 0.29) is 11.8 Å². The van der Waals surface area contributed by atoms with E-state index >= 15 is 0 Å². The number of nitrogens with zero attached hydrogens (tertiary/aromatic N) is 2. The fourth-order valence-corrected chi connectivity index (χ4v) is 2.72. The monoisotopic (exact) mass is 320 g/mol. The molecule has 1 saturated heterocycles. The summed E-state index contributed by atoms with van der Waals surface area (Å²) in [5.74, 6) is 1.56. The molecule has 1 aromatic carbocycles. The van der Waals surface area contributed by atoms with Crippen molar-refractivity contribution in [2.75, 3.05) is 40.4 Å². The minimum absolute atomic E-state index is 0.0717. The van der Waals surface area contributed by atoms with Crippen LogP contribution in [-0.4, -0.2) is 62.0 Å². The summed E-state index contributed by atoms with van der Waals surface area (Å²) in [5.41, 5.74) is 1.04. The fourth-order valence-electron chi connectivity index (χ4n) is 2.72. The van der Waals surface area contributed by atoms with Crippen LogP contribution in [-0.2, 0) is 16.0 Å². The Labute approximate surface area is 137 Å². The molecule has 1 aliphatic heterocycles. The molecule has 6 heteroatoms. The predicted molar refractivity (Wildman–Crippen MR) is 86.7 cm³/mol. The van der Waals surface area contributed by atoms with Gasteiger partial charge in [-0.1, -0.05) is 6.07 Å². The number of carbonyl (C=O) groups is 2. The van der Waals surface area contributed by atoms with Crippen molar-refractivity contribution in [1.82, 2.24) is 9.80 Å². The molecule has 1 fully saturated rings. The van der Waals surface area contributed by atoms with Crippen LogP contribution in [0.4, 0.5) is 0 Å². The van der Waals surface area contributed by atoms with Crippen LogP contribution in [0.2, 0.25) is 0 Å². The van der Waals surface area contributed by atoms with E-state index in [1.165, 1.54) is 0 Å². The Balaban J connectivity index is 1.86. The van der Waals surface area contributed by atoms with Crippen molar-refractivity contribution in [2.45, 2.75) is 19.8 Å². The van der Waals surface area contributed by atoms with Gasteiger partial charge in [0, 0.05) is 39.5 Å². The van der Waals surface area contributed by atoms with E-state index in [9.17, 15) is 9.59 Å². The maximum absolute atomic E-state index is 12.3. The molecule has 0 radical (unpaired) electrons. The lowest BCUT2D eigenvalue weighted by atomic mass is 10.1. The first-order chi connectivity index (χ1) is 11.0. The van der Waals surface area contributed by atoms with Crippen LogP contribution in [0, 0.1) is 0 Å². The molecule has 1 aromatic rings. The maximum atomic E-state index is 12.3. The minimum Gasteiger partial charge on any atom is -0.493 e. The molecule has 23 heavy (non-hydrogen) atoms. The smallest absolute Gasteiger partial charge is 0.223 e. The summed E-state index contributed by atoms with van der Waals surface area (Å²) < 4.78 is 10.5. The van der Waals surface area contributed by atoms with Crippen LogP contribution in [0.1, 0.15) is 18.9 Å². The second kappa shape index (κ2) is 7.85. The second-order valence-electron chi connectivity index (χ2n) is 5.58. The van der Waals surface area contributed by atoms with E-state index < -0.39 is 0 Å². The molecule has 0 bridgehead atoms. The van der Waals surface area contributed by atoms with E-state index in [4.69, 9.17) is 9.47 Å². The molecule has 2 amide bonds. The van der Waals surface area contributed by atoms with Gasteiger partial charge >= 0.3 is 0 Å². The zero-order valence-electron chi connectivity index (χ0n) is 14.0. The van der Waals surface area contributed by atoms with Crippen LogP contribution < -0.4 is 9.47 Å². The van der Waals surface area contributed by atoms with Crippen molar-refractivity contribution < 1.29 is 19.1 Å². The molecule has 0 N–H and O–H groups in total. The van der Waals surface area contributed by atoms with Crippen molar-refractivity contribution in [2.24, 2.45) is 0 Å². The highest BCUT2D eigenvalue weighted by atomic mass is 16.5. The summed E-state index contributed by atoms with van der Waals surface area (Å²) in [6, 6.07) is 5.70. The van der Waals surface area contributed by atoms with Gasteiger partial charge in [-0.2, -0.15) is 0 Å². The van der Waals surface area contributed by atoms with Crippen LogP contribution in [0.15, 0.2) is 18.2 Å². The summed E-state index contributed by atoms with van der Waals surface area (Å²) in [7, 11) is 3.20. The summed E-state index contributed by atoms with van der Waals surface area (Å²) in [4.78, 5) is 27.2. The normalized spacial score (nSPS) is 14.6. The lowest BCUT2D eigenvalue weighted by Gasteiger charge is -2.34. The predicted octanol–water partition coefficient (Wildman–Crippen LogP) is 1.33. The second-order valence-corrected chi connectivity index (χ2v) is 5.58. The van der Waals surface area contributed by atoms with Crippen LogP contribution in [0.25, 0.3) is 0 Å². The van der Waals surface area contributed by atoms with E-state index in [0.29, 0.717) is 50.5 Å². The van der Waals surface area contributed by atoms with Crippen molar-refractivity contribution in [3.8, 4) is 11.5 Å². The summed E-state index contributed by atoms with van der Waals surface area (Å²) >= 11 is 0. The third kappa shape index (κ3) is 4.37. The van der Waals surface area contributed by atoms with Gasteiger partial charge in [0.2, 0.25) is 11.8 Å². The van der Waals surface area contributed by atoms with Gasteiger partial charge in [0.05, 0.1) is 14.2 Å². The molecule has 126 valence electrons. The standard InChI is InChI=1S/C17H24N2O4/c1-13(20)18-8-10-19(11-9-18)17(21)7-5-14-4-6-15(22-2)16(12-14)23-3/h4,6,12H,5,7-11H2,1-3H3. The van der Waals surface area contributed by atoms with Gasteiger partial charge in [-0.25, -0.2) is 0 Å². The van der Waals surface area contributed by atoms with E-state index in [2.05, 4.69) is 0 Å². The molecular formula is C17H24N2O4. The molecule has 0 spiro atoms. The van der Waals surface area contributed by atoms with Gasteiger partial charge in [0.25, 0.3) is 0 Å². The number of benzene rings is 1. The van der Waals surface area contributed by atoms with Gasteiger partial charge in [-0.15, -0.1) is 0 Å². The molecule has 2 rings (SSSR count). The third-order valence-electron chi connectivity index (χ3n) is 4.15. The van der Waals surface area contributed by atoms with Crippen molar-refractivity contribution in [3.63, 3.8) is 0 Å². The van der Waals surface area contributed by atoms with Crippen LogP contribution in [0.3, 0.4) is 0 Å². The number of rotatable bonds is 5. The third-order valence-corrected chi connectivity index (χ3v) is 4.15. The number of aryl methyl sites for hydroxylation is 1. The Bertz CT molecular complexity index is 566. The number of ether oxygens (including phenoxy) is 2. The molecule has 6 nitrogen and oxygen atoms in total. The quantitative estimate of drug-likeness (QED) is 0.821. The topological polar surface area (TPSA) is 59.1 Å². The SMILES string of the molecule is COc1ccc(CCC(=O)N2CCN(C(C)=O)CC2)cc1OC. The highest BCUT2D eigenvalue weighted by molar-refractivity contribution is 5.77. The first kappa shape index (κ1) is 17.1. The lowest BCUT2D eigenvalue weighted by Crippen LogP contribution is -2.50. The van der Waals surface area contributed by atoms with Crippen molar-refractivity contribution in [3.05, 3.63) is 23.8 Å². The molecule has 0 atom stereocenters. The average Bonchev–Trinajstić information content (AvgIpc) is 2.59. The molecule has 1 aliphatic rings. The zero-order chi connectivity index (χ0) is 16.8. The van der Waals surface area contributed by atoms with Crippen LogP contribution in [0.5, 0.6) is 11.5 Å². The Morgan fingerprint density at radius 1 is 1.00 bits per heavy atom. The van der Waals surface area contributed by atoms with Crippen molar-refractivity contribution in [1.29, 1.82) is 0 Å². The number of hydrogen-bond donors (Lipinski definition) is 0. The maximum Gasteiger partial charge on any atom is 0.223 e. The molecule has 0 unspecified atom stereocenters. The number of piperazine rings is 1. The Hall–Kier alpha value is -2.24. The van der Waals surface area contributed by atoms with Gasteiger partial charge < -0.3 is 19.3 Å². The summed E-state index contributed by atoms with van der Waals surface area (Å²) in [6.07, 6.45) is 1.11. The minimum atomic E-state index is 0.0717. The Morgan fingerprint density at radius 3 is 2.17 bits per heavy atom. The van der Waals surface area contributed by atoms with Gasteiger partial charge in [-0.05, 0) is 24.1 Å². The Morgan fingerprint density at radius 2 is 1.61 bits per heavy atom. The van der Waals surface area contributed by atoms with Crippen LogP contribution >= 0.6 is 0 Å². The average molecular weight is 320 g/mol. The van der Waals surface area contributed by atoms with Gasteiger partial charge in [0.15, 0.2) is 11.5 Å². The van der Waals surface area contributed by atoms with Crippen molar-refractivity contribution >= 4 is 11.8 Å². The number of carbonyl (C=O) groups excluding carboxylic acids is 2. The summed E-state index contributed by atoms with van der Waals surface area (Å²) in [6.45, 7) is 4.04. The van der Waals surface area contributed by atoms with E-state index in [0.717, 1.165) is 5.56 Å². The lowest BCUT2D eigenvalue weighted by molar-refractivity contribution is -0.138. The highest BCUT2D eigenvalue weighted by Gasteiger charge is 2.22. The first-order valence-electron chi connectivity index (χ1n) is 7.79. The molecule has 0 aromatic heterocycles. The number of methoxy groups -OCH3 is 2. The molecular weight excluding hydrogens is 296 g/mol. The molecule has 0 aliphatic carbocycles. The first-order valence-corrected chi connectivity index (χ1v) is 7.79. The number of amides is 2. The van der Waals surface area contributed by atoms with E-state index in [1.807, 2.05) is 23.1 Å². The number of hydrogen-bond acceptors (Lipinski definition) is 4. The fraction of sp³-hybridized carbons (Fsp3) is 0.529. The molecule has 0 saturated carbocycles. The largest absolute Gasteiger partial charge is 0.493 e. The van der Waals surface area contributed by atoms with E-state index in [1.54, 1.807) is 26.0 Å². The Kier molecular flexibility index (Phi) is 5.84. The van der Waals surface area contributed by atoms with Gasteiger partial charge in [-0.3, -0.25) is 9.59 Å². The highest BCUT2D eigenvalue weighted by Crippen LogP contribution is 2.28. The van der Waals surface area contributed by atoms with Gasteiger partial charge in [0.1, 0.15) is 0 Å². The molecule has 1 heterocycles. The zero-order valence-corrected chi connectivity index (χ0v) is 14.0. The summed E-state index contributed by atoms with van der Waals surface area (Å²) in [5, 5.41) is 0.